The number of nitrogens with zero attached hydrogens (tertiary/aromatic N) is 3. The first kappa shape index (κ1) is 56.5. The molecule has 0 unspecified atom stereocenters. The molecule has 3 aliphatic heterocycles. The Morgan fingerprint density at radius 1 is 0.886 bits per heavy atom. The molecule has 0 spiro atoms. The number of benzene rings is 2. The van der Waals surface area contributed by atoms with E-state index in [2.05, 4.69) is 37.2 Å². The van der Waals surface area contributed by atoms with Crippen LogP contribution in [-0.4, -0.2) is 141 Å². The third-order valence-electron chi connectivity index (χ3n) is 14.2. The molecule has 0 fully saturated rings. The Kier molecular flexibility index (Phi) is 16.5. The van der Waals surface area contributed by atoms with Crippen LogP contribution in [0.5, 0.6) is 0 Å². The van der Waals surface area contributed by atoms with Crippen LogP contribution in [0.15, 0.2) is 59.4 Å². The second-order valence-corrected chi connectivity index (χ2v) is 19.7. The van der Waals surface area contributed by atoms with E-state index in [4.69, 9.17) is 19.6 Å². The van der Waals surface area contributed by atoms with Crippen LogP contribution in [0.3, 0.4) is 0 Å². The van der Waals surface area contributed by atoms with Crippen LogP contribution in [-0.2, 0) is 89.0 Å². The number of ether oxygens (including phenoxy) is 2. The highest BCUT2D eigenvalue weighted by Crippen LogP contribution is 2.46. The Balaban J connectivity index is 0.862. The van der Waals surface area contributed by atoms with Crippen LogP contribution in [0, 0.1) is 12.7 Å². The third-order valence-corrected chi connectivity index (χ3v) is 14.2. The molecule has 416 valence electrons. The summed E-state index contributed by atoms with van der Waals surface area (Å²) in [4.78, 5) is 147. The molecule has 4 aromatic rings. The third kappa shape index (κ3) is 11.8. The Morgan fingerprint density at radius 2 is 1.56 bits per heavy atom. The van der Waals surface area contributed by atoms with E-state index in [0.717, 1.165) is 12.2 Å². The molecule has 0 saturated carbocycles. The number of carbonyl (C=O) groups excluding carboxylic acids is 9. The highest BCUT2D eigenvalue weighted by molar-refractivity contribution is 6.15. The van der Waals surface area contributed by atoms with Crippen LogP contribution in [0.1, 0.15) is 78.6 Å². The van der Waals surface area contributed by atoms with Gasteiger partial charge in [0, 0.05) is 47.7 Å². The minimum atomic E-state index is -2.08. The molecule has 26 heteroatoms. The number of esters is 1. The van der Waals surface area contributed by atoms with Gasteiger partial charge < -0.3 is 61.5 Å². The summed E-state index contributed by atoms with van der Waals surface area (Å²) in [5, 5.41) is 38.5. The number of hydrogen-bond donors (Lipinski definition) is 9. The summed E-state index contributed by atoms with van der Waals surface area (Å²) in [5.74, 6) is -9.06. The molecule has 9 N–H and O–H groups in total. The predicted molar refractivity (Wildman–Crippen MR) is 273 cm³/mol. The normalized spacial score (nSPS) is 17.7. The van der Waals surface area contributed by atoms with E-state index in [1.807, 2.05) is 0 Å². The van der Waals surface area contributed by atoms with Gasteiger partial charge in [-0.3, -0.25) is 52.8 Å². The average molecular weight is 1090 g/mol. The molecular weight excluding hydrogens is 1040 g/mol. The fraction of sp³-hybridized carbons (Fsp3) is 0.396. The van der Waals surface area contributed by atoms with Gasteiger partial charge in [0.1, 0.15) is 36.8 Å². The van der Waals surface area contributed by atoms with E-state index in [-0.39, 0.29) is 42.6 Å². The van der Waals surface area contributed by atoms with Crippen molar-refractivity contribution in [1.82, 2.24) is 51.7 Å². The molecule has 8 rings (SSSR count). The summed E-state index contributed by atoms with van der Waals surface area (Å²) in [7, 11) is 0. The number of carboxylic acids is 1. The van der Waals surface area contributed by atoms with Gasteiger partial charge in [-0.25, -0.2) is 14.2 Å². The maximum Gasteiger partial charge on any atom is 0.343 e. The van der Waals surface area contributed by atoms with Crippen LogP contribution in [0.2, 0.25) is 0 Å². The number of fused-ring (bicyclic) bond motifs is 5. The van der Waals surface area contributed by atoms with E-state index in [9.17, 15) is 57.8 Å². The van der Waals surface area contributed by atoms with Gasteiger partial charge in [0.25, 0.3) is 23.3 Å². The molecule has 0 bridgehead atoms. The molecule has 2 aromatic heterocycles. The molecule has 0 saturated heterocycles. The van der Waals surface area contributed by atoms with Crippen molar-refractivity contribution >= 4 is 70.1 Å². The standard InChI is InChI=1S/C53H57FN10O15/c1-5-53(77)31-16-36-46-29(23-63(36)49(74)30(31)24-78-51(53)76)45-33(12-11-28-26(2)32(54)17-34(61-46)44(28)45)62-50(75)52(3,4)79-25-59-39(66)20-57-47(72)35(15-27-9-7-6-8-10-27)60-40(67)21-56-38(65)19-58-48(73)37(18-55-22-43(70)71)64-41(68)13-14-42(64)69/h6-10,13-14,16-17,33,35,37,55,77H,5,11-12,15,18-25H2,1-4H3,(H,56,65)(H,57,72)(H,58,73)(H,59,66)(H,60,67)(H,62,75)(H,70,71)/t33-,35-,37-,53-/m0/s1. The lowest BCUT2D eigenvalue weighted by Crippen LogP contribution is -2.56. The molecule has 1 aliphatic carbocycles. The number of pyridine rings is 2. The number of aryl methyl sites for hydroxylation is 1. The zero-order chi connectivity index (χ0) is 57.1. The van der Waals surface area contributed by atoms with E-state index in [1.54, 1.807) is 50.2 Å². The summed E-state index contributed by atoms with van der Waals surface area (Å²) < 4.78 is 28.0. The first-order chi connectivity index (χ1) is 37.5. The zero-order valence-electron chi connectivity index (χ0n) is 43.3. The molecule has 2 aromatic carbocycles. The van der Waals surface area contributed by atoms with Crippen molar-refractivity contribution in [2.45, 2.75) is 95.9 Å². The lowest BCUT2D eigenvalue weighted by molar-refractivity contribution is -0.172. The van der Waals surface area contributed by atoms with Crippen molar-refractivity contribution in [3.05, 3.63) is 110 Å². The number of aromatic nitrogens is 2. The average Bonchev–Trinajstić information content (AvgIpc) is 4.05. The number of cyclic esters (lactones) is 1. The van der Waals surface area contributed by atoms with Crippen molar-refractivity contribution in [1.29, 1.82) is 0 Å². The summed E-state index contributed by atoms with van der Waals surface area (Å²) in [6.07, 6.45) is 2.45. The minimum Gasteiger partial charge on any atom is -0.480 e. The topological polar surface area (TPSA) is 352 Å². The Hall–Kier alpha value is -8.75. The SMILES string of the molecule is CC[C@@]1(O)C(=O)OCc2c1cc1n(c2=O)Cc2c-1nc1cc(F)c(C)c3c1c2[C@@H](NC(=O)C(C)(C)OCNC(=O)CNC(=O)[C@H](Cc1ccccc1)NC(=O)CNC(=O)CNC(=O)[C@H](CNCC(=O)O)N1C(=O)C=CC1=O)CC3. The number of amides is 8. The molecule has 79 heavy (non-hydrogen) atoms. The molecular formula is C53H57FN10O15. The Morgan fingerprint density at radius 3 is 2.24 bits per heavy atom. The number of hydrogen-bond acceptors (Lipinski definition) is 16. The summed E-state index contributed by atoms with van der Waals surface area (Å²) >= 11 is 0. The first-order valence-corrected chi connectivity index (χ1v) is 25.2. The number of aliphatic carboxylic acids is 1. The molecule has 5 heterocycles. The van der Waals surface area contributed by atoms with Crippen molar-refractivity contribution in [3.8, 4) is 11.4 Å². The maximum absolute atomic E-state index is 15.5. The molecule has 4 aliphatic rings. The van der Waals surface area contributed by atoms with Gasteiger partial charge in [0.2, 0.25) is 29.5 Å². The summed E-state index contributed by atoms with van der Waals surface area (Å²) in [6, 6.07) is 7.94. The van der Waals surface area contributed by atoms with Crippen LogP contribution >= 0.6 is 0 Å². The number of rotatable bonds is 22. The summed E-state index contributed by atoms with van der Waals surface area (Å²) in [6.45, 7) is 2.39. The minimum absolute atomic E-state index is 0.0223. The van der Waals surface area contributed by atoms with E-state index < -0.39 is 139 Å². The fourth-order valence-corrected chi connectivity index (χ4v) is 9.91. The van der Waals surface area contributed by atoms with Crippen molar-refractivity contribution in [3.63, 3.8) is 0 Å². The second-order valence-electron chi connectivity index (χ2n) is 19.7. The number of nitrogens with one attached hydrogen (secondary N) is 7. The Bertz CT molecular complexity index is 3310. The smallest absolute Gasteiger partial charge is 0.343 e. The largest absolute Gasteiger partial charge is 0.480 e. The Labute approximate surface area is 449 Å². The quantitative estimate of drug-likeness (QED) is 0.0217. The number of carbonyl (C=O) groups is 10. The highest BCUT2D eigenvalue weighted by Gasteiger charge is 2.46. The monoisotopic (exact) mass is 1090 g/mol. The number of aliphatic hydroxyl groups is 1. The maximum atomic E-state index is 15.5. The van der Waals surface area contributed by atoms with Crippen LogP contribution in [0.4, 0.5) is 4.39 Å². The summed E-state index contributed by atoms with van der Waals surface area (Å²) in [5.41, 5.74) is -0.0381. The van der Waals surface area contributed by atoms with E-state index in [1.165, 1.54) is 24.5 Å². The van der Waals surface area contributed by atoms with E-state index in [0.29, 0.717) is 62.3 Å². The lowest BCUT2D eigenvalue weighted by atomic mass is 9.81. The number of imide groups is 1. The van der Waals surface area contributed by atoms with Crippen LogP contribution in [0.25, 0.3) is 22.3 Å². The lowest BCUT2D eigenvalue weighted by Gasteiger charge is -2.32. The second kappa shape index (κ2) is 23.1. The predicted octanol–water partition coefficient (Wildman–Crippen LogP) is -1.46. The number of halogens is 1. The van der Waals surface area contributed by atoms with Gasteiger partial charge in [-0.05, 0) is 68.4 Å². The molecule has 8 amide bonds. The van der Waals surface area contributed by atoms with Gasteiger partial charge in [0.05, 0.1) is 61.2 Å². The van der Waals surface area contributed by atoms with Crippen LogP contribution < -0.4 is 42.8 Å². The highest BCUT2D eigenvalue weighted by atomic mass is 19.1. The molecule has 4 atom stereocenters. The molecule has 25 nitrogen and oxygen atoms in total. The first-order valence-electron chi connectivity index (χ1n) is 25.2. The molecule has 0 radical (unpaired) electrons. The van der Waals surface area contributed by atoms with Crippen molar-refractivity contribution in [2.24, 2.45) is 0 Å². The van der Waals surface area contributed by atoms with Gasteiger partial charge in [0.15, 0.2) is 5.60 Å². The van der Waals surface area contributed by atoms with Gasteiger partial charge in [-0.2, -0.15) is 0 Å². The number of carboxylic acid groups (broad SMARTS) is 1. The van der Waals surface area contributed by atoms with Crippen molar-refractivity contribution < 1.29 is 72.0 Å². The van der Waals surface area contributed by atoms with Crippen molar-refractivity contribution in [2.75, 3.05) is 39.5 Å². The van der Waals surface area contributed by atoms with Gasteiger partial charge in [-0.15, -0.1) is 0 Å². The van der Waals surface area contributed by atoms with E-state index >= 15 is 4.39 Å². The van der Waals surface area contributed by atoms with Gasteiger partial charge >= 0.3 is 11.9 Å². The zero-order valence-corrected chi connectivity index (χ0v) is 43.3. The fourth-order valence-electron chi connectivity index (χ4n) is 9.91. The van der Waals surface area contributed by atoms with Gasteiger partial charge in [-0.1, -0.05) is 37.3 Å².